The van der Waals surface area contributed by atoms with Crippen molar-refractivity contribution in [1.82, 2.24) is 20.0 Å². The van der Waals surface area contributed by atoms with Crippen LogP contribution in [0.3, 0.4) is 0 Å². The van der Waals surface area contributed by atoms with Crippen molar-refractivity contribution in [3.63, 3.8) is 0 Å². The van der Waals surface area contributed by atoms with Crippen molar-refractivity contribution in [2.24, 2.45) is 0 Å². The van der Waals surface area contributed by atoms with Crippen molar-refractivity contribution < 1.29 is 13.7 Å². The van der Waals surface area contributed by atoms with Crippen molar-refractivity contribution in [1.29, 1.82) is 0 Å². The molecule has 1 aliphatic heterocycles. The maximum absolute atomic E-state index is 13.1. The largest absolute Gasteiger partial charge is 0.360 e. The monoisotopic (exact) mass is 429 g/mol. The van der Waals surface area contributed by atoms with Crippen LogP contribution in [0.2, 0.25) is 0 Å². The normalized spacial score (nSPS) is 13.8. The highest BCUT2D eigenvalue weighted by Crippen LogP contribution is 2.20. The minimum atomic E-state index is -0.266. The van der Waals surface area contributed by atoms with Gasteiger partial charge in [-0.3, -0.25) is 14.5 Å². The molecule has 30 heavy (non-hydrogen) atoms. The molecule has 0 bridgehead atoms. The fraction of sp³-hybridized carbons (Fsp3) is 0.300. The highest BCUT2D eigenvalue weighted by molar-refractivity contribution is 7.99. The van der Waals surface area contributed by atoms with E-state index in [0.29, 0.717) is 41.8 Å². The molecule has 0 aliphatic carbocycles. The zero-order chi connectivity index (χ0) is 21.1. The molecule has 0 unspecified atom stereocenters. The molecule has 10 heteroatoms. The molecule has 0 saturated heterocycles. The van der Waals surface area contributed by atoms with Gasteiger partial charge in [-0.2, -0.15) is 0 Å². The Balaban J connectivity index is 1.37. The fourth-order valence-corrected chi connectivity index (χ4v) is 3.93. The van der Waals surface area contributed by atoms with E-state index in [-0.39, 0.29) is 23.0 Å². The summed E-state index contributed by atoms with van der Waals surface area (Å²) >= 11 is 1.16. The molecular formula is C20H20FN5O3S. The molecule has 0 spiro atoms. The van der Waals surface area contributed by atoms with Crippen molar-refractivity contribution >= 4 is 23.5 Å². The van der Waals surface area contributed by atoms with Crippen LogP contribution in [-0.4, -0.2) is 38.2 Å². The second-order valence-corrected chi connectivity index (χ2v) is 8.01. The average molecular weight is 429 g/mol. The molecule has 156 valence electrons. The maximum Gasteiger partial charge on any atom is 0.256 e. The Bertz CT molecular complexity index is 1110. The number of fused-ring (bicyclic) bond motifs is 1. The summed E-state index contributed by atoms with van der Waals surface area (Å²) in [5.41, 5.74) is 2.18. The predicted octanol–water partition coefficient (Wildman–Crippen LogP) is 2.49. The number of aryl methyl sites for hydroxylation is 1. The third-order valence-corrected chi connectivity index (χ3v) is 5.55. The number of aromatic amines is 1. The average Bonchev–Trinajstić information content (AvgIpc) is 3.13. The molecule has 0 radical (unpaired) electrons. The van der Waals surface area contributed by atoms with Gasteiger partial charge in [0.25, 0.3) is 5.56 Å². The van der Waals surface area contributed by atoms with E-state index in [1.165, 1.54) is 12.1 Å². The molecule has 0 saturated carbocycles. The number of aromatic nitrogens is 3. The van der Waals surface area contributed by atoms with Gasteiger partial charge in [0, 0.05) is 32.1 Å². The lowest BCUT2D eigenvalue weighted by Gasteiger charge is -2.27. The molecule has 1 aromatic carbocycles. The van der Waals surface area contributed by atoms with Crippen LogP contribution in [0.1, 0.15) is 22.6 Å². The number of amides is 1. The number of benzene rings is 1. The lowest BCUT2D eigenvalue weighted by molar-refractivity contribution is -0.113. The molecule has 1 amide bonds. The van der Waals surface area contributed by atoms with Gasteiger partial charge in [-0.25, -0.2) is 9.37 Å². The zero-order valence-corrected chi connectivity index (χ0v) is 17.1. The van der Waals surface area contributed by atoms with E-state index >= 15 is 0 Å². The van der Waals surface area contributed by atoms with E-state index < -0.39 is 0 Å². The summed E-state index contributed by atoms with van der Waals surface area (Å²) in [7, 11) is 0. The van der Waals surface area contributed by atoms with E-state index in [2.05, 4.69) is 25.3 Å². The Morgan fingerprint density at radius 3 is 2.90 bits per heavy atom. The van der Waals surface area contributed by atoms with Crippen LogP contribution >= 0.6 is 11.8 Å². The Morgan fingerprint density at radius 2 is 2.17 bits per heavy atom. The summed E-state index contributed by atoms with van der Waals surface area (Å²) in [5.74, 6) is 0.514. The Hall–Kier alpha value is -2.98. The van der Waals surface area contributed by atoms with E-state index in [0.717, 1.165) is 29.6 Å². The molecule has 0 fully saturated rings. The Kier molecular flexibility index (Phi) is 5.96. The topological polar surface area (TPSA) is 104 Å². The number of carbonyl (C=O) groups excluding carboxylic acids is 1. The van der Waals surface area contributed by atoms with Gasteiger partial charge in [0.05, 0.1) is 17.0 Å². The van der Waals surface area contributed by atoms with Gasteiger partial charge in [-0.1, -0.05) is 29.1 Å². The quantitative estimate of drug-likeness (QED) is 0.458. The van der Waals surface area contributed by atoms with Crippen LogP contribution < -0.4 is 10.9 Å². The lowest BCUT2D eigenvalue weighted by atomic mass is 10.1. The third-order valence-electron chi connectivity index (χ3n) is 4.68. The second-order valence-electron chi connectivity index (χ2n) is 7.04. The number of hydrogen-bond acceptors (Lipinski definition) is 7. The smallest absolute Gasteiger partial charge is 0.256 e. The van der Waals surface area contributed by atoms with Crippen molar-refractivity contribution in [2.75, 3.05) is 17.6 Å². The molecule has 2 N–H and O–H groups in total. The number of hydrogen-bond donors (Lipinski definition) is 2. The predicted molar refractivity (Wildman–Crippen MR) is 110 cm³/mol. The molecule has 2 aromatic heterocycles. The van der Waals surface area contributed by atoms with Gasteiger partial charge in [0.1, 0.15) is 11.6 Å². The van der Waals surface area contributed by atoms with Crippen molar-refractivity contribution in [2.45, 2.75) is 31.6 Å². The van der Waals surface area contributed by atoms with Gasteiger partial charge in [0.15, 0.2) is 11.0 Å². The minimum Gasteiger partial charge on any atom is -0.360 e. The van der Waals surface area contributed by atoms with Gasteiger partial charge in [0.2, 0.25) is 5.91 Å². The highest BCUT2D eigenvalue weighted by atomic mass is 32.2. The summed E-state index contributed by atoms with van der Waals surface area (Å²) in [6.07, 6.45) is 0.637. The molecule has 3 heterocycles. The second kappa shape index (κ2) is 8.80. The van der Waals surface area contributed by atoms with E-state index in [1.807, 2.05) is 0 Å². The summed E-state index contributed by atoms with van der Waals surface area (Å²) in [6, 6.07) is 7.99. The number of carbonyl (C=O) groups is 1. The van der Waals surface area contributed by atoms with E-state index in [9.17, 15) is 14.0 Å². The summed E-state index contributed by atoms with van der Waals surface area (Å²) in [4.78, 5) is 34.0. The van der Waals surface area contributed by atoms with Crippen molar-refractivity contribution in [3.05, 3.63) is 69.1 Å². The number of H-pyrrole nitrogens is 1. The highest BCUT2D eigenvalue weighted by Gasteiger charge is 2.21. The lowest BCUT2D eigenvalue weighted by Crippen LogP contribution is -2.35. The van der Waals surface area contributed by atoms with Crippen LogP contribution in [0.25, 0.3) is 0 Å². The number of halogens is 1. The molecule has 4 rings (SSSR count). The number of rotatable bonds is 6. The molecule has 1 aliphatic rings. The minimum absolute atomic E-state index is 0.0876. The molecule has 0 atom stereocenters. The Labute approximate surface area is 175 Å². The van der Waals surface area contributed by atoms with Gasteiger partial charge in [-0.05, 0) is 24.6 Å². The van der Waals surface area contributed by atoms with Crippen LogP contribution in [0.4, 0.5) is 10.2 Å². The third kappa shape index (κ3) is 4.95. The number of thioether (sulfide) groups is 1. The first kappa shape index (κ1) is 20.3. The van der Waals surface area contributed by atoms with Crippen LogP contribution in [0.15, 0.2) is 44.8 Å². The first-order valence-electron chi connectivity index (χ1n) is 9.41. The molecular weight excluding hydrogens is 409 g/mol. The SMILES string of the molecule is Cc1cc(NC(=O)CSc2nc3c(c(=O)[nH]2)CN(Cc2ccc(F)cc2)CC3)no1. The van der Waals surface area contributed by atoms with Gasteiger partial charge in [-0.15, -0.1) is 0 Å². The summed E-state index contributed by atoms with van der Waals surface area (Å²) < 4.78 is 18.0. The van der Waals surface area contributed by atoms with E-state index in [4.69, 9.17) is 4.52 Å². The van der Waals surface area contributed by atoms with Crippen LogP contribution in [0.5, 0.6) is 0 Å². The summed E-state index contributed by atoms with van der Waals surface area (Å²) in [6.45, 7) is 3.60. The zero-order valence-electron chi connectivity index (χ0n) is 16.3. The number of nitrogens with one attached hydrogen (secondary N) is 2. The van der Waals surface area contributed by atoms with Gasteiger partial charge < -0.3 is 14.8 Å². The first-order chi connectivity index (χ1) is 14.5. The van der Waals surface area contributed by atoms with Gasteiger partial charge >= 0.3 is 0 Å². The molecule has 3 aromatic rings. The fourth-order valence-electron chi connectivity index (χ4n) is 3.25. The standard InChI is InChI=1S/C20H20FN5O3S/c1-12-8-17(25-29-12)23-18(27)11-30-20-22-16-6-7-26(10-15(16)19(28)24-20)9-13-2-4-14(21)5-3-13/h2-5,8H,6-7,9-11H2,1H3,(H,22,24,28)(H,23,25,27). The molecule has 8 nitrogen and oxygen atoms in total. The Morgan fingerprint density at radius 1 is 1.37 bits per heavy atom. The van der Waals surface area contributed by atoms with Crippen LogP contribution in [0, 0.1) is 12.7 Å². The van der Waals surface area contributed by atoms with E-state index in [1.54, 1.807) is 25.1 Å². The first-order valence-corrected chi connectivity index (χ1v) is 10.4. The van der Waals surface area contributed by atoms with Crippen LogP contribution in [-0.2, 0) is 24.3 Å². The summed E-state index contributed by atoms with van der Waals surface area (Å²) in [5, 5.41) is 6.75. The number of nitrogens with zero attached hydrogens (tertiary/aromatic N) is 3. The van der Waals surface area contributed by atoms with Crippen molar-refractivity contribution in [3.8, 4) is 0 Å². The maximum atomic E-state index is 13.1. The number of anilines is 1.